The largest absolute Gasteiger partial charge is 0.413 e. The van der Waals surface area contributed by atoms with Gasteiger partial charge in [-0.25, -0.2) is 0 Å². The zero-order chi connectivity index (χ0) is 13.8. The standard InChI is InChI=1S/C14H14N2O3/c1-3-8-15-13(17)12-9-10-6-4-5-7-11(10)14(18)16(12)19-2/h3-7,9H,1,8H2,2H3,(H,15,17). The number of hydrogen-bond donors (Lipinski definition) is 1. The molecule has 5 heteroatoms. The number of rotatable bonds is 4. The van der Waals surface area contributed by atoms with Crippen LogP contribution >= 0.6 is 0 Å². The van der Waals surface area contributed by atoms with Crippen LogP contribution in [0, 0.1) is 0 Å². The first-order chi connectivity index (χ1) is 9.19. The molecule has 1 aromatic heterocycles. The number of aromatic nitrogens is 1. The average molecular weight is 258 g/mol. The second-order valence-electron chi connectivity index (χ2n) is 3.90. The van der Waals surface area contributed by atoms with Gasteiger partial charge in [0.25, 0.3) is 11.5 Å². The zero-order valence-corrected chi connectivity index (χ0v) is 10.6. The summed E-state index contributed by atoms with van der Waals surface area (Å²) in [6.07, 6.45) is 1.56. The fourth-order valence-corrected chi connectivity index (χ4v) is 1.84. The minimum atomic E-state index is -0.385. The van der Waals surface area contributed by atoms with E-state index >= 15 is 0 Å². The van der Waals surface area contributed by atoms with Gasteiger partial charge >= 0.3 is 0 Å². The number of pyridine rings is 1. The summed E-state index contributed by atoms with van der Waals surface area (Å²) < 4.78 is 0.987. The van der Waals surface area contributed by atoms with Crippen molar-refractivity contribution in [2.75, 3.05) is 13.7 Å². The Morgan fingerprint density at radius 2 is 2.21 bits per heavy atom. The van der Waals surface area contributed by atoms with Gasteiger partial charge in [0.2, 0.25) is 0 Å². The number of carbonyl (C=O) groups is 1. The molecule has 19 heavy (non-hydrogen) atoms. The molecule has 2 rings (SSSR count). The zero-order valence-electron chi connectivity index (χ0n) is 10.6. The summed E-state index contributed by atoms with van der Waals surface area (Å²) in [4.78, 5) is 29.2. The van der Waals surface area contributed by atoms with Crippen LogP contribution in [0.5, 0.6) is 0 Å². The highest BCUT2D eigenvalue weighted by Gasteiger charge is 2.15. The Morgan fingerprint density at radius 1 is 1.47 bits per heavy atom. The van der Waals surface area contributed by atoms with Gasteiger partial charge in [0.1, 0.15) is 12.8 Å². The number of benzene rings is 1. The normalized spacial score (nSPS) is 10.2. The van der Waals surface area contributed by atoms with E-state index in [1.54, 1.807) is 30.3 Å². The van der Waals surface area contributed by atoms with Gasteiger partial charge in [0.15, 0.2) is 0 Å². The van der Waals surface area contributed by atoms with Crippen molar-refractivity contribution in [1.82, 2.24) is 10.0 Å². The number of nitrogens with one attached hydrogen (secondary N) is 1. The Morgan fingerprint density at radius 3 is 2.89 bits per heavy atom. The van der Waals surface area contributed by atoms with Crippen molar-refractivity contribution in [1.29, 1.82) is 0 Å². The van der Waals surface area contributed by atoms with Crippen molar-refractivity contribution >= 4 is 16.7 Å². The number of hydrogen-bond acceptors (Lipinski definition) is 3. The second-order valence-corrected chi connectivity index (χ2v) is 3.90. The minimum absolute atomic E-state index is 0.160. The van der Waals surface area contributed by atoms with Crippen molar-refractivity contribution in [3.05, 3.63) is 59.0 Å². The summed E-state index contributed by atoms with van der Waals surface area (Å²) in [5, 5.41) is 3.82. The van der Waals surface area contributed by atoms with E-state index in [0.29, 0.717) is 17.3 Å². The highest BCUT2D eigenvalue weighted by molar-refractivity contribution is 5.96. The van der Waals surface area contributed by atoms with Gasteiger partial charge in [0, 0.05) is 6.54 Å². The Bertz CT molecular complexity index is 689. The smallest absolute Gasteiger partial charge is 0.291 e. The molecule has 5 nitrogen and oxygen atoms in total. The SMILES string of the molecule is C=CCNC(=O)c1cc2ccccc2c(=O)n1OC. The third-order valence-electron chi connectivity index (χ3n) is 2.71. The maximum atomic E-state index is 12.2. The first kappa shape index (κ1) is 12.9. The maximum Gasteiger partial charge on any atom is 0.291 e. The lowest BCUT2D eigenvalue weighted by Crippen LogP contribution is -2.35. The fraction of sp³-hybridized carbons (Fsp3) is 0.143. The molecule has 0 fully saturated rings. The molecule has 0 bridgehead atoms. The highest BCUT2D eigenvalue weighted by Crippen LogP contribution is 2.11. The molecule has 2 aromatic rings. The molecule has 0 atom stereocenters. The van der Waals surface area contributed by atoms with Crippen LogP contribution in [0.2, 0.25) is 0 Å². The van der Waals surface area contributed by atoms with Crippen LogP contribution in [0.15, 0.2) is 47.8 Å². The fourth-order valence-electron chi connectivity index (χ4n) is 1.84. The van der Waals surface area contributed by atoms with Crippen molar-refractivity contribution in [2.24, 2.45) is 0 Å². The van der Waals surface area contributed by atoms with E-state index in [1.807, 2.05) is 6.07 Å². The molecule has 0 aliphatic rings. The van der Waals surface area contributed by atoms with E-state index in [0.717, 1.165) is 4.73 Å². The molecular weight excluding hydrogens is 244 g/mol. The summed E-state index contributed by atoms with van der Waals surface area (Å²) >= 11 is 0. The van der Waals surface area contributed by atoms with Crippen molar-refractivity contribution in [2.45, 2.75) is 0 Å². The van der Waals surface area contributed by atoms with Crippen LogP contribution in [-0.4, -0.2) is 24.3 Å². The predicted molar refractivity (Wildman–Crippen MR) is 73.2 cm³/mol. The summed E-state index contributed by atoms with van der Waals surface area (Å²) in [7, 11) is 1.35. The molecule has 0 spiro atoms. The van der Waals surface area contributed by atoms with E-state index in [2.05, 4.69) is 11.9 Å². The summed E-state index contributed by atoms with van der Waals surface area (Å²) in [5.41, 5.74) is -0.197. The van der Waals surface area contributed by atoms with Gasteiger partial charge in [-0.15, -0.1) is 11.3 Å². The molecule has 1 N–H and O–H groups in total. The third-order valence-corrected chi connectivity index (χ3v) is 2.71. The van der Waals surface area contributed by atoms with Crippen molar-refractivity contribution < 1.29 is 9.63 Å². The number of amides is 1. The molecule has 0 aliphatic carbocycles. The van der Waals surface area contributed by atoms with Crippen molar-refractivity contribution in [3.63, 3.8) is 0 Å². The number of fused-ring (bicyclic) bond motifs is 1. The molecule has 98 valence electrons. The van der Waals surface area contributed by atoms with E-state index in [9.17, 15) is 9.59 Å². The molecular formula is C14H14N2O3. The van der Waals surface area contributed by atoms with Crippen LogP contribution in [0.25, 0.3) is 10.8 Å². The first-order valence-electron chi connectivity index (χ1n) is 5.77. The second kappa shape index (κ2) is 5.39. The summed E-state index contributed by atoms with van der Waals surface area (Å²) in [5.74, 6) is -0.385. The van der Waals surface area contributed by atoms with Gasteiger partial charge in [-0.05, 0) is 17.5 Å². The van der Waals surface area contributed by atoms with Crippen LogP contribution < -0.4 is 15.7 Å². The first-order valence-corrected chi connectivity index (χ1v) is 5.77. The number of nitrogens with zero attached hydrogens (tertiary/aromatic N) is 1. The molecule has 0 unspecified atom stereocenters. The Kier molecular flexibility index (Phi) is 3.66. The highest BCUT2D eigenvalue weighted by atomic mass is 16.6. The monoisotopic (exact) mass is 258 g/mol. The topological polar surface area (TPSA) is 60.3 Å². The van der Waals surface area contributed by atoms with Gasteiger partial charge in [0.05, 0.1) is 5.39 Å². The Hall–Kier alpha value is -2.56. The van der Waals surface area contributed by atoms with Crippen LogP contribution in [0.4, 0.5) is 0 Å². The molecule has 1 aromatic carbocycles. The summed E-state index contributed by atoms with van der Waals surface area (Å²) in [6, 6.07) is 8.67. The molecule has 0 aliphatic heterocycles. The van der Waals surface area contributed by atoms with E-state index in [4.69, 9.17) is 4.84 Å². The maximum absolute atomic E-state index is 12.2. The quantitative estimate of drug-likeness (QED) is 0.831. The Labute approximate surface area is 110 Å². The molecule has 0 saturated heterocycles. The van der Waals surface area contributed by atoms with Crippen molar-refractivity contribution in [3.8, 4) is 0 Å². The lowest BCUT2D eigenvalue weighted by molar-refractivity contribution is 0.0889. The third kappa shape index (κ3) is 2.35. The predicted octanol–water partition coefficient (Wildman–Crippen LogP) is 0.976. The molecule has 0 saturated carbocycles. The number of carbonyl (C=O) groups excluding carboxylic acids is 1. The van der Waals surface area contributed by atoms with Gasteiger partial charge < -0.3 is 10.2 Å². The average Bonchev–Trinajstić information content (AvgIpc) is 2.44. The van der Waals surface area contributed by atoms with Crippen LogP contribution in [0.1, 0.15) is 10.5 Å². The lowest BCUT2D eigenvalue weighted by atomic mass is 10.1. The van der Waals surface area contributed by atoms with E-state index in [-0.39, 0.29) is 17.2 Å². The van der Waals surface area contributed by atoms with Crippen LogP contribution in [0.3, 0.4) is 0 Å². The van der Waals surface area contributed by atoms with Crippen LogP contribution in [-0.2, 0) is 0 Å². The lowest BCUT2D eigenvalue weighted by Gasteiger charge is -2.11. The minimum Gasteiger partial charge on any atom is -0.413 e. The summed E-state index contributed by atoms with van der Waals surface area (Å²) in [6.45, 7) is 3.84. The van der Waals surface area contributed by atoms with E-state index in [1.165, 1.54) is 7.11 Å². The van der Waals surface area contributed by atoms with Gasteiger partial charge in [-0.1, -0.05) is 24.3 Å². The molecule has 0 radical (unpaired) electrons. The van der Waals surface area contributed by atoms with Gasteiger partial charge in [-0.3, -0.25) is 9.59 Å². The molecule has 1 amide bonds. The molecule has 1 heterocycles. The van der Waals surface area contributed by atoms with Gasteiger partial charge in [-0.2, -0.15) is 0 Å². The Balaban J connectivity index is 2.63. The van der Waals surface area contributed by atoms with E-state index < -0.39 is 0 Å².